The van der Waals surface area contributed by atoms with Crippen molar-refractivity contribution in [1.29, 1.82) is 0 Å². The Kier molecular flexibility index (Phi) is 10.4. The second-order valence-corrected chi connectivity index (χ2v) is 8.35. The number of carbonyl (C=O) groups excluding carboxylic acids is 1. The van der Waals surface area contributed by atoms with Crippen molar-refractivity contribution in [2.24, 2.45) is 5.41 Å². The Balaban J connectivity index is 2.74. The monoisotopic (exact) mass is 410 g/mol. The fraction of sp³-hybridized carbons (Fsp3) is 0.682. The summed E-state index contributed by atoms with van der Waals surface area (Å²) in [5.41, 5.74) is 1.08. The molecule has 1 amide bonds. The van der Waals surface area contributed by atoms with E-state index in [2.05, 4.69) is 26.1 Å². The number of hydrogen-bond acceptors (Lipinski definition) is 6. The van der Waals surface area contributed by atoms with Crippen molar-refractivity contribution in [3.05, 3.63) is 23.8 Å². The molecule has 1 rings (SSSR count). The fourth-order valence-corrected chi connectivity index (χ4v) is 3.12. The molecule has 0 saturated carbocycles. The summed E-state index contributed by atoms with van der Waals surface area (Å²) in [6.07, 6.45) is 1.06. The maximum Gasteiger partial charge on any atom is 0.237 e. The van der Waals surface area contributed by atoms with E-state index in [9.17, 15) is 4.79 Å². The topological polar surface area (TPSA) is 69.3 Å². The molecule has 0 fully saturated rings. The molecule has 1 atom stereocenters. The normalized spacial score (nSPS) is 12.9. The molecule has 0 spiro atoms. The van der Waals surface area contributed by atoms with Crippen molar-refractivity contribution in [1.82, 2.24) is 10.2 Å². The summed E-state index contributed by atoms with van der Waals surface area (Å²) >= 11 is 0. The zero-order valence-electron chi connectivity index (χ0n) is 19.2. The SMILES string of the molecule is COc1ccc(CCNC(=O)[C@@H](CC(C)(C)C)N(C)CC(OC)OC)cc1OC. The highest BCUT2D eigenvalue weighted by Gasteiger charge is 2.29. The predicted octanol–water partition coefficient (Wildman–Crippen LogP) is 2.72. The van der Waals surface area contributed by atoms with Crippen molar-refractivity contribution in [2.45, 2.75) is 45.9 Å². The lowest BCUT2D eigenvalue weighted by molar-refractivity contribution is -0.135. The van der Waals surface area contributed by atoms with Crippen LogP contribution in [0.5, 0.6) is 11.5 Å². The zero-order chi connectivity index (χ0) is 22.0. The van der Waals surface area contributed by atoms with Gasteiger partial charge in [-0.1, -0.05) is 26.8 Å². The van der Waals surface area contributed by atoms with Gasteiger partial charge in [0.2, 0.25) is 5.91 Å². The van der Waals surface area contributed by atoms with E-state index in [0.717, 1.165) is 12.0 Å². The fourth-order valence-electron chi connectivity index (χ4n) is 3.12. The highest BCUT2D eigenvalue weighted by Crippen LogP contribution is 2.27. The number of amides is 1. The zero-order valence-corrected chi connectivity index (χ0v) is 19.2. The molecule has 0 aliphatic carbocycles. The van der Waals surface area contributed by atoms with Gasteiger partial charge in [0.1, 0.15) is 0 Å². The molecule has 0 radical (unpaired) electrons. The summed E-state index contributed by atoms with van der Waals surface area (Å²) in [6, 6.07) is 5.52. The quantitative estimate of drug-likeness (QED) is 0.535. The van der Waals surface area contributed by atoms with Crippen molar-refractivity contribution in [3.63, 3.8) is 0 Å². The summed E-state index contributed by atoms with van der Waals surface area (Å²) in [6.45, 7) is 7.45. The second kappa shape index (κ2) is 12.0. The summed E-state index contributed by atoms with van der Waals surface area (Å²) in [7, 11) is 8.36. The molecule has 1 N–H and O–H groups in total. The van der Waals surface area contributed by atoms with Gasteiger partial charge in [0.15, 0.2) is 17.8 Å². The standard InChI is InChI=1S/C22H38N2O5/c1-22(2,3)14-17(24(4)15-20(28-7)29-8)21(25)23-12-11-16-9-10-18(26-5)19(13-16)27-6/h9-10,13,17,20H,11-12,14-15H2,1-8H3,(H,23,25)/t17-/m1/s1. The number of nitrogens with one attached hydrogen (secondary N) is 1. The summed E-state index contributed by atoms with van der Waals surface area (Å²) in [4.78, 5) is 14.9. The molecule has 0 saturated heterocycles. The third-order valence-electron chi connectivity index (χ3n) is 4.76. The third-order valence-corrected chi connectivity index (χ3v) is 4.76. The number of benzene rings is 1. The molecule has 166 valence electrons. The first kappa shape index (κ1) is 25.2. The van der Waals surface area contributed by atoms with E-state index in [1.54, 1.807) is 28.4 Å². The molecule has 7 heteroatoms. The average Bonchev–Trinajstić information content (AvgIpc) is 2.68. The molecule has 7 nitrogen and oxygen atoms in total. The molecule has 0 heterocycles. The van der Waals surface area contributed by atoms with E-state index in [-0.39, 0.29) is 23.7 Å². The Hall–Kier alpha value is -1.83. The molecule has 29 heavy (non-hydrogen) atoms. The van der Waals surface area contributed by atoms with Crippen molar-refractivity contribution >= 4 is 5.91 Å². The first-order chi connectivity index (χ1) is 13.6. The van der Waals surface area contributed by atoms with Crippen LogP contribution in [0.2, 0.25) is 0 Å². The van der Waals surface area contributed by atoms with Crippen LogP contribution in [0, 0.1) is 5.41 Å². The molecule has 0 aromatic heterocycles. The van der Waals surface area contributed by atoms with Gasteiger partial charge in [-0.25, -0.2) is 0 Å². The van der Waals surface area contributed by atoms with Crippen molar-refractivity contribution < 1.29 is 23.7 Å². The van der Waals surface area contributed by atoms with Crippen LogP contribution in [0.25, 0.3) is 0 Å². The third kappa shape index (κ3) is 8.60. The minimum atomic E-state index is -0.373. The lowest BCUT2D eigenvalue weighted by atomic mass is 9.87. The van der Waals surface area contributed by atoms with Crippen LogP contribution < -0.4 is 14.8 Å². The number of likely N-dealkylation sites (N-methyl/N-ethyl adjacent to an activating group) is 1. The van der Waals surface area contributed by atoms with Crippen LogP contribution in [-0.4, -0.2) is 71.7 Å². The Bertz CT molecular complexity index is 626. The van der Waals surface area contributed by atoms with Crippen LogP contribution in [0.15, 0.2) is 18.2 Å². The van der Waals surface area contributed by atoms with E-state index in [1.165, 1.54) is 0 Å². The van der Waals surface area contributed by atoms with E-state index in [4.69, 9.17) is 18.9 Å². The highest BCUT2D eigenvalue weighted by atomic mass is 16.7. The molecule has 0 bridgehead atoms. The number of carbonyl (C=O) groups is 1. The van der Waals surface area contributed by atoms with Gasteiger partial charge < -0.3 is 24.3 Å². The van der Waals surface area contributed by atoms with Gasteiger partial charge in [0, 0.05) is 27.3 Å². The van der Waals surface area contributed by atoms with E-state index >= 15 is 0 Å². The van der Waals surface area contributed by atoms with Crippen molar-refractivity contribution in [3.8, 4) is 11.5 Å². The van der Waals surface area contributed by atoms with E-state index < -0.39 is 0 Å². The predicted molar refractivity (Wildman–Crippen MR) is 115 cm³/mol. The Morgan fingerprint density at radius 1 is 1.07 bits per heavy atom. The largest absolute Gasteiger partial charge is 0.493 e. The molecule has 0 unspecified atom stereocenters. The van der Waals surface area contributed by atoms with Crippen LogP contribution in [-0.2, 0) is 20.7 Å². The molecule has 0 aliphatic rings. The maximum atomic E-state index is 13.0. The number of hydrogen-bond donors (Lipinski definition) is 1. The number of rotatable bonds is 12. The first-order valence-corrected chi connectivity index (χ1v) is 9.89. The van der Waals surface area contributed by atoms with Gasteiger partial charge in [-0.2, -0.15) is 0 Å². The Labute approximate surface area is 175 Å². The van der Waals surface area contributed by atoms with Gasteiger partial charge in [0.05, 0.1) is 20.3 Å². The Morgan fingerprint density at radius 3 is 2.21 bits per heavy atom. The lowest BCUT2D eigenvalue weighted by Gasteiger charge is -2.33. The van der Waals surface area contributed by atoms with Crippen LogP contribution in [0.4, 0.5) is 0 Å². The summed E-state index contributed by atoms with van der Waals surface area (Å²) in [5.74, 6) is 1.39. The summed E-state index contributed by atoms with van der Waals surface area (Å²) in [5, 5.41) is 3.08. The summed E-state index contributed by atoms with van der Waals surface area (Å²) < 4.78 is 21.2. The number of ether oxygens (including phenoxy) is 4. The maximum absolute atomic E-state index is 13.0. The minimum Gasteiger partial charge on any atom is -0.493 e. The minimum absolute atomic E-state index is 0.00820. The Morgan fingerprint density at radius 2 is 1.69 bits per heavy atom. The molecular formula is C22H38N2O5. The van der Waals surface area contributed by atoms with E-state index in [1.807, 2.05) is 30.1 Å². The van der Waals surface area contributed by atoms with Gasteiger partial charge in [-0.15, -0.1) is 0 Å². The number of methoxy groups -OCH3 is 4. The van der Waals surface area contributed by atoms with Crippen molar-refractivity contribution in [2.75, 3.05) is 48.6 Å². The first-order valence-electron chi connectivity index (χ1n) is 9.89. The van der Waals surface area contributed by atoms with Crippen LogP contribution >= 0.6 is 0 Å². The highest BCUT2D eigenvalue weighted by molar-refractivity contribution is 5.81. The second-order valence-electron chi connectivity index (χ2n) is 8.35. The van der Waals surface area contributed by atoms with Gasteiger partial charge in [0.25, 0.3) is 0 Å². The smallest absolute Gasteiger partial charge is 0.237 e. The number of nitrogens with zero attached hydrogens (tertiary/aromatic N) is 1. The van der Waals surface area contributed by atoms with E-state index in [0.29, 0.717) is 31.0 Å². The lowest BCUT2D eigenvalue weighted by Crippen LogP contribution is -2.49. The molecule has 1 aromatic carbocycles. The van der Waals surface area contributed by atoms with Gasteiger partial charge >= 0.3 is 0 Å². The van der Waals surface area contributed by atoms with Gasteiger partial charge in [-0.05, 0) is 43.0 Å². The van der Waals surface area contributed by atoms with Crippen LogP contribution in [0.3, 0.4) is 0 Å². The molecule has 0 aliphatic heterocycles. The van der Waals surface area contributed by atoms with Gasteiger partial charge in [-0.3, -0.25) is 9.69 Å². The van der Waals surface area contributed by atoms with Crippen LogP contribution in [0.1, 0.15) is 32.8 Å². The average molecular weight is 411 g/mol. The molecule has 1 aromatic rings. The molecular weight excluding hydrogens is 372 g/mol.